The van der Waals surface area contributed by atoms with Crippen LogP contribution < -0.4 is 0 Å². The lowest BCUT2D eigenvalue weighted by Crippen LogP contribution is -2.46. The van der Waals surface area contributed by atoms with Crippen molar-refractivity contribution in [1.82, 2.24) is 4.90 Å². The maximum absolute atomic E-state index is 10.7. The molecule has 4 heteroatoms. The summed E-state index contributed by atoms with van der Waals surface area (Å²) >= 11 is 5.32. The molecule has 0 aromatic rings. The van der Waals surface area contributed by atoms with Gasteiger partial charge in [0.1, 0.15) is 0 Å². The molecule has 0 aliphatic carbocycles. The molecule has 1 rings (SSSR count). The lowest BCUT2D eigenvalue weighted by atomic mass is 10.2. The Morgan fingerprint density at radius 2 is 1.91 bits per heavy atom. The highest BCUT2D eigenvalue weighted by Crippen LogP contribution is 2.11. The normalized spacial score (nSPS) is 32.1. The molecule has 0 saturated carbocycles. The van der Waals surface area contributed by atoms with Crippen LogP contribution in [0.1, 0.15) is 13.8 Å². The number of rotatable bonds is 0. The van der Waals surface area contributed by atoms with Crippen LogP contribution in [0.2, 0.25) is 0 Å². The molecule has 1 amide bonds. The Morgan fingerprint density at radius 3 is 2.27 bits per heavy atom. The minimum atomic E-state index is -0.382. The van der Waals surface area contributed by atoms with Crippen molar-refractivity contribution in [2.45, 2.75) is 26.1 Å². The quantitative estimate of drug-likeness (QED) is 0.414. The Hall–Kier alpha value is -0.280. The van der Waals surface area contributed by atoms with Gasteiger partial charge in [0.25, 0.3) is 0 Å². The minimum absolute atomic E-state index is 0.0986. The summed E-state index contributed by atoms with van der Waals surface area (Å²) in [6.07, 6.45) is 0.197. The van der Waals surface area contributed by atoms with E-state index in [0.29, 0.717) is 13.1 Å². The van der Waals surface area contributed by atoms with Gasteiger partial charge in [-0.05, 0) is 25.4 Å². The van der Waals surface area contributed by atoms with Gasteiger partial charge in [0.2, 0.25) is 0 Å². The van der Waals surface area contributed by atoms with Crippen molar-refractivity contribution in [3.63, 3.8) is 0 Å². The van der Waals surface area contributed by atoms with Gasteiger partial charge < -0.3 is 9.64 Å². The lowest BCUT2D eigenvalue weighted by Gasteiger charge is -2.33. The van der Waals surface area contributed by atoms with Crippen molar-refractivity contribution in [1.29, 1.82) is 0 Å². The summed E-state index contributed by atoms with van der Waals surface area (Å²) in [6.45, 7) is 5.07. The van der Waals surface area contributed by atoms with E-state index in [0.717, 1.165) is 0 Å². The predicted octanol–water partition coefficient (Wildman–Crippen LogP) is 1.45. The van der Waals surface area contributed by atoms with Crippen LogP contribution in [0, 0.1) is 0 Å². The molecule has 1 fully saturated rings. The average molecular weight is 178 g/mol. The van der Waals surface area contributed by atoms with Crippen LogP contribution in [0.15, 0.2) is 0 Å². The monoisotopic (exact) mass is 177 g/mol. The summed E-state index contributed by atoms with van der Waals surface area (Å²) in [6, 6.07) is 0. The van der Waals surface area contributed by atoms with Crippen LogP contribution in [-0.4, -0.2) is 35.6 Å². The second-order valence-corrected chi connectivity index (χ2v) is 3.24. The van der Waals surface area contributed by atoms with Crippen LogP contribution in [0.5, 0.6) is 0 Å². The molecule has 1 aliphatic rings. The zero-order valence-electron chi connectivity index (χ0n) is 6.71. The van der Waals surface area contributed by atoms with Crippen LogP contribution in [-0.2, 0) is 4.74 Å². The van der Waals surface area contributed by atoms with Gasteiger partial charge in [-0.1, -0.05) is 0 Å². The van der Waals surface area contributed by atoms with Gasteiger partial charge in [-0.3, -0.25) is 4.79 Å². The van der Waals surface area contributed by atoms with Crippen LogP contribution in [0.3, 0.4) is 0 Å². The van der Waals surface area contributed by atoms with E-state index in [1.165, 1.54) is 0 Å². The van der Waals surface area contributed by atoms with Gasteiger partial charge in [0, 0.05) is 13.1 Å². The van der Waals surface area contributed by atoms with E-state index in [9.17, 15) is 4.79 Å². The lowest BCUT2D eigenvalue weighted by molar-refractivity contribution is -0.0517. The fourth-order valence-electron chi connectivity index (χ4n) is 1.32. The summed E-state index contributed by atoms with van der Waals surface area (Å²) in [7, 11) is 0. The maximum Gasteiger partial charge on any atom is 0.316 e. The van der Waals surface area contributed by atoms with Gasteiger partial charge in [-0.25, -0.2) is 0 Å². The summed E-state index contributed by atoms with van der Waals surface area (Å²) < 4.78 is 5.41. The predicted molar refractivity (Wildman–Crippen MR) is 42.8 cm³/mol. The molecule has 0 aromatic heterocycles. The van der Waals surface area contributed by atoms with Crippen molar-refractivity contribution in [2.24, 2.45) is 0 Å². The molecule has 0 N–H and O–H groups in total. The molecule has 1 aliphatic heterocycles. The first-order valence-electron chi connectivity index (χ1n) is 3.69. The zero-order chi connectivity index (χ0) is 8.43. The first-order valence-corrected chi connectivity index (χ1v) is 4.07. The number of ether oxygens (including phenoxy) is 1. The Labute approximate surface area is 71.3 Å². The third kappa shape index (κ3) is 2.34. The molecule has 2 atom stereocenters. The number of carbonyl (C=O) groups is 1. The molecular weight excluding hydrogens is 166 g/mol. The smallest absolute Gasteiger partial charge is 0.316 e. The number of nitrogens with zero attached hydrogens (tertiary/aromatic N) is 1. The fourth-order valence-corrected chi connectivity index (χ4v) is 1.46. The van der Waals surface area contributed by atoms with Crippen LogP contribution in [0.25, 0.3) is 0 Å². The average Bonchev–Trinajstić information content (AvgIpc) is 1.85. The van der Waals surface area contributed by atoms with Gasteiger partial charge in [-0.2, -0.15) is 0 Å². The number of hydrogen-bond acceptors (Lipinski definition) is 2. The molecule has 2 unspecified atom stereocenters. The number of hydrogen-bond donors (Lipinski definition) is 0. The topological polar surface area (TPSA) is 29.5 Å². The summed E-state index contributed by atoms with van der Waals surface area (Å²) in [5.74, 6) is 0. The number of halogens is 1. The first kappa shape index (κ1) is 8.81. The standard InChI is InChI=1S/C7H12ClNO2/c1-5-3-9(7(8)10)4-6(2)11-5/h5-6H,3-4H2,1-2H3. The van der Waals surface area contributed by atoms with E-state index in [4.69, 9.17) is 16.3 Å². The Morgan fingerprint density at radius 1 is 1.45 bits per heavy atom. The second kappa shape index (κ2) is 3.41. The van der Waals surface area contributed by atoms with Crippen LogP contribution in [0.4, 0.5) is 4.79 Å². The molecule has 0 bridgehead atoms. The van der Waals surface area contributed by atoms with E-state index in [-0.39, 0.29) is 17.6 Å². The number of carbonyl (C=O) groups excluding carboxylic acids is 1. The Balaban J connectivity index is 2.49. The van der Waals surface area contributed by atoms with E-state index in [1.54, 1.807) is 4.90 Å². The summed E-state index contributed by atoms with van der Waals surface area (Å²) in [4.78, 5) is 12.3. The van der Waals surface area contributed by atoms with E-state index < -0.39 is 0 Å². The Kier molecular flexibility index (Phi) is 2.73. The van der Waals surface area contributed by atoms with Gasteiger partial charge in [-0.15, -0.1) is 0 Å². The zero-order valence-corrected chi connectivity index (χ0v) is 7.47. The highest BCUT2D eigenvalue weighted by molar-refractivity contribution is 6.62. The molecule has 64 valence electrons. The minimum Gasteiger partial charge on any atom is -0.372 e. The van der Waals surface area contributed by atoms with E-state index in [2.05, 4.69) is 0 Å². The Bertz CT molecular complexity index is 153. The van der Waals surface area contributed by atoms with Crippen molar-refractivity contribution in [3.8, 4) is 0 Å². The summed E-state index contributed by atoms with van der Waals surface area (Å²) in [5.41, 5.74) is 0. The number of morpholine rings is 1. The molecule has 3 nitrogen and oxygen atoms in total. The van der Waals surface area contributed by atoms with Gasteiger partial charge in [0.05, 0.1) is 12.2 Å². The van der Waals surface area contributed by atoms with Crippen molar-refractivity contribution in [2.75, 3.05) is 13.1 Å². The fraction of sp³-hybridized carbons (Fsp3) is 0.857. The molecular formula is C7H12ClNO2. The molecule has 11 heavy (non-hydrogen) atoms. The van der Waals surface area contributed by atoms with E-state index in [1.807, 2.05) is 13.8 Å². The molecule has 1 heterocycles. The molecule has 0 aromatic carbocycles. The second-order valence-electron chi connectivity index (χ2n) is 2.92. The van der Waals surface area contributed by atoms with Crippen molar-refractivity contribution >= 4 is 17.0 Å². The largest absolute Gasteiger partial charge is 0.372 e. The van der Waals surface area contributed by atoms with Crippen LogP contribution >= 0.6 is 11.6 Å². The van der Waals surface area contributed by atoms with Gasteiger partial charge in [0.15, 0.2) is 0 Å². The maximum atomic E-state index is 10.7. The third-order valence-corrected chi connectivity index (χ3v) is 1.91. The van der Waals surface area contributed by atoms with Crippen molar-refractivity contribution < 1.29 is 9.53 Å². The molecule has 1 saturated heterocycles. The van der Waals surface area contributed by atoms with Crippen molar-refractivity contribution in [3.05, 3.63) is 0 Å². The first-order chi connectivity index (χ1) is 5.09. The highest BCUT2D eigenvalue weighted by Gasteiger charge is 2.24. The highest BCUT2D eigenvalue weighted by atomic mass is 35.5. The SMILES string of the molecule is CC1CN(C(=O)Cl)CC(C)O1. The number of amides is 1. The third-order valence-electron chi connectivity index (χ3n) is 1.67. The summed E-state index contributed by atoms with van der Waals surface area (Å²) in [5, 5.41) is -0.382. The van der Waals surface area contributed by atoms with Gasteiger partial charge >= 0.3 is 5.37 Å². The molecule has 0 spiro atoms. The molecule has 0 radical (unpaired) electrons. The van der Waals surface area contributed by atoms with E-state index >= 15 is 0 Å².